The lowest BCUT2D eigenvalue weighted by molar-refractivity contribution is 0.0979. The molecular formula is C12H13O2. The van der Waals surface area contributed by atoms with E-state index in [9.17, 15) is 9.59 Å². The number of rotatable bonds is 4. The number of Topliss-reactive ketones (excluding diaryl/α,β-unsaturated/α-hetero) is 2. The van der Waals surface area contributed by atoms with E-state index in [4.69, 9.17) is 0 Å². The molecular weight excluding hydrogens is 176 g/mol. The van der Waals surface area contributed by atoms with Gasteiger partial charge >= 0.3 is 0 Å². The van der Waals surface area contributed by atoms with E-state index >= 15 is 0 Å². The van der Waals surface area contributed by atoms with E-state index in [0.29, 0.717) is 24.0 Å². The molecule has 0 amide bonds. The summed E-state index contributed by atoms with van der Waals surface area (Å²) in [6.45, 7) is 5.13. The molecule has 0 spiro atoms. The molecule has 2 heteroatoms. The number of carbonyl (C=O) groups is 2. The van der Waals surface area contributed by atoms with Gasteiger partial charge in [0.25, 0.3) is 0 Å². The molecule has 0 aliphatic heterocycles. The lowest BCUT2D eigenvalue weighted by Gasteiger charge is -1.99. The third-order valence-electron chi connectivity index (χ3n) is 2.02. The highest BCUT2D eigenvalue weighted by Gasteiger charge is 2.05. The van der Waals surface area contributed by atoms with Gasteiger partial charge in [-0.1, -0.05) is 31.2 Å². The standard InChI is InChI=1S/C12H13O2/c1-3-4-12(14)11-7-5-10(6-8-11)9(2)13/h5-8H,1,3-4H2,2H3. The van der Waals surface area contributed by atoms with Gasteiger partial charge < -0.3 is 0 Å². The average molecular weight is 189 g/mol. The Labute approximate surface area is 83.9 Å². The summed E-state index contributed by atoms with van der Waals surface area (Å²) < 4.78 is 0. The van der Waals surface area contributed by atoms with E-state index in [2.05, 4.69) is 6.92 Å². The van der Waals surface area contributed by atoms with Crippen LogP contribution in [0.15, 0.2) is 24.3 Å². The van der Waals surface area contributed by atoms with Crippen LogP contribution in [0, 0.1) is 6.92 Å². The maximum atomic E-state index is 11.4. The molecule has 1 radical (unpaired) electrons. The van der Waals surface area contributed by atoms with Gasteiger partial charge in [-0.25, -0.2) is 0 Å². The van der Waals surface area contributed by atoms with Gasteiger partial charge in [0, 0.05) is 17.5 Å². The van der Waals surface area contributed by atoms with Gasteiger partial charge in [0.15, 0.2) is 11.6 Å². The third kappa shape index (κ3) is 2.52. The quantitative estimate of drug-likeness (QED) is 0.682. The Morgan fingerprint density at radius 2 is 1.64 bits per heavy atom. The van der Waals surface area contributed by atoms with Crippen molar-refractivity contribution in [2.75, 3.05) is 0 Å². The van der Waals surface area contributed by atoms with Crippen molar-refractivity contribution in [2.24, 2.45) is 0 Å². The minimum atomic E-state index is 0.0150. The van der Waals surface area contributed by atoms with E-state index in [0.717, 1.165) is 0 Å². The zero-order chi connectivity index (χ0) is 10.6. The molecule has 0 saturated heterocycles. The largest absolute Gasteiger partial charge is 0.295 e. The second kappa shape index (κ2) is 4.70. The molecule has 0 saturated carbocycles. The zero-order valence-corrected chi connectivity index (χ0v) is 8.25. The Kier molecular flexibility index (Phi) is 3.57. The molecule has 0 N–H and O–H groups in total. The molecule has 73 valence electrons. The maximum Gasteiger partial charge on any atom is 0.162 e. The number of benzene rings is 1. The second-order valence-corrected chi connectivity index (χ2v) is 3.16. The van der Waals surface area contributed by atoms with Crippen LogP contribution in [0.4, 0.5) is 0 Å². The smallest absolute Gasteiger partial charge is 0.162 e. The van der Waals surface area contributed by atoms with Crippen LogP contribution in [0.25, 0.3) is 0 Å². The first-order valence-corrected chi connectivity index (χ1v) is 4.58. The molecule has 1 rings (SSSR count). The molecule has 0 bridgehead atoms. The summed E-state index contributed by atoms with van der Waals surface area (Å²) in [6, 6.07) is 6.74. The molecule has 0 aliphatic rings. The van der Waals surface area contributed by atoms with Crippen LogP contribution in [0.1, 0.15) is 40.5 Å². The van der Waals surface area contributed by atoms with E-state index in [1.54, 1.807) is 24.3 Å². The van der Waals surface area contributed by atoms with E-state index in [1.807, 2.05) is 0 Å². The fourth-order valence-corrected chi connectivity index (χ4v) is 1.20. The molecule has 2 nitrogen and oxygen atoms in total. The fourth-order valence-electron chi connectivity index (χ4n) is 1.20. The van der Waals surface area contributed by atoms with Crippen molar-refractivity contribution < 1.29 is 9.59 Å². The first kappa shape index (κ1) is 10.6. The molecule has 1 aromatic carbocycles. The van der Waals surface area contributed by atoms with Crippen LogP contribution in [0.2, 0.25) is 0 Å². The van der Waals surface area contributed by atoms with Gasteiger partial charge in [0.1, 0.15) is 0 Å². The molecule has 0 aromatic heterocycles. The minimum Gasteiger partial charge on any atom is -0.295 e. The Bertz CT molecular complexity index is 336. The van der Waals surface area contributed by atoms with Crippen LogP contribution in [-0.2, 0) is 0 Å². The van der Waals surface area contributed by atoms with Crippen molar-refractivity contribution in [1.82, 2.24) is 0 Å². The fraction of sp³-hybridized carbons (Fsp3) is 0.250. The Morgan fingerprint density at radius 3 is 2.07 bits per heavy atom. The van der Waals surface area contributed by atoms with E-state index in [-0.39, 0.29) is 11.6 Å². The van der Waals surface area contributed by atoms with Crippen LogP contribution in [0.5, 0.6) is 0 Å². The average Bonchev–Trinajstić information content (AvgIpc) is 2.18. The van der Waals surface area contributed by atoms with Crippen molar-refractivity contribution in [1.29, 1.82) is 0 Å². The van der Waals surface area contributed by atoms with Crippen LogP contribution in [0.3, 0.4) is 0 Å². The highest BCUT2D eigenvalue weighted by atomic mass is 16.1. The molecule has 0 unspecified atom stereocenters. The Hall–Kier alpha value is -1.44. The summed E-state index contributed by atoms with van der Waals surface area (Å²) in [5, 5.41) is 0. The van der Waals surface area contributed by atoms with Gasteiger partial charge in [-0.3, -0.25) is 9.59 Å². The van der Waals surface area contributed by atoms with Crippen molar-refractivity contribution in [2.45, 2.75) is 19.8 Å². The summed E-state index contributed by atoms with van der Waals surface area (Å²) in [7, 11) is 0. The van der Waals surface area contributed by atoms with Gasteiger partial charge in [0.05, 0.1) is 0 Å². The predicted molar refractivity (Wildman–Crippen MR) is 55.4 cm³/mol. The van der Waals surface area contributed by atoms with Crippen molar-refractivity contribution in [3.05, 3.63) is 42.3 Å². The minimum absolute atomic E-state index is 0.0150. The monoisotopic (exact) mass is 189 g/mol. The SMILES string of the molecule is [CH2]CCC(=O)c1ccc(C(C)=O)cc1. The maximum absolute atomic E-state index is 11.4. The summed E-state index contributed by atoms with van der Waals surface area (Å²) in [5.41, 5.74) is 1.29. The van der Waals surface area contributed by atoms with Crippen LogP contribution >= 0.6 is 0 Å². The number of hydrogen-bond acceptors (Lipinski definition) is 2. The summed E-state index contributed by atoms with van der Waals surface area (Å²) in [4.78, 5) is 22.4. The molecule has 0 aliphatic carbocycles. The molecule has 0 atom stereocenters. The highest BCUT2D eigenvalue weighted by Crippen LogP contribution is 2.08. The van der Waals surface area contributed by atoms with Crippen molar-refractivity contribution in [3.8, 4) is 0 Å². The molecule has 14 heavy (non-hydrogen) atoms. The number of carbonyl (C=O) groups excluding carboxylic acids is 2. The normalized spacial score (nSPS) is 9.86. The van der Waals surface area contributed by atoms with Gasteiger partial charge in [-0.2, -0.15) is 0 Å². The first-order valence-electron chi connectivity index (χ1n) is 4.58. The lowest BCUT2D eigenvalue weighted by Crippen LogP contribution is -1.99. The molecule has 0 heterocycles. The van der Waals surface area contributed by atoms with Crippen molar-refractivity contribution >= 4 is 11.6 Å². The molecule has 1 aromatic rings. The number of hydrogen-bond donors (Lipinski definition) is 0. The van der Waals surface area contributed by atoms with Crippen LogP contribution in [-0.4, -0.2) is 11.6 Å². The first-order chi connectivity index (χ1) is 6.65. The number of ketones is 2. The zero-order valence-electron chi connectivity index (χ0n) is 8.25. The van der Waals surface area contributed by atoms with Gasteiger partial charge in [0.2, 0.25) is 0 Å². The summed E-state index contributed by atoms with van der Waals surface area (Å²) in [6.07, 6.45) is 1.06. The third-order valence-corrected chi connectivity index (χ3v) is 2.02. The summed E-state index contributed by atoms with van der Waals surface area (Å²) in [5.74, 6) is 0.0938. The van der Waals surface area contributed by atoms with E-state index in [1.165, 1.54) is 6.92 Å². The molecule has 0 fully saturated rings. The van der Waals surface area contributed by atoms with Crippen molar-refractivity contribution in [3.63, 3.8) is 0 Å². The topological polar surface area (TPSA) is 34.1 Å². The highest BCUT2D eigenvalue weighted by molar-refractivity contribution is 5.98. The Balaban J connectivity index is 2.83. The summed E-state index contributed by atoms with van der Waals surface area (Å²) >= 11 is 0. The lowest BCUT2D eigenvalue weighted by atomic mass is 10.0. The van der Waals surface area contributed by atoms with E-state index < -0.39 is 0 Å². The van der Waals surface area contributed by atoms with Gasteiger partial charge in [-0.15, -0.1) is 0 Å². The van der Waals surface area contributed by atoms with Crippen LogP contribution < -0.4 is 0 Å². The predicted octanol–water partition coefficient (Wildman–Crippen LogP) is 2.69. The second-order valence-electron chi connectivity index (χ2n) is 3.16. The Morgan fingerprint density at radius 1 is 1.14 bits per heavy atom. The van der Waals surface area contributed by atoms with Gasteiger partial charge in [-0.05, 0) is 13.3 Å².